The molecule has 1 aliphatic heterocycles. The fourth-order valence-corrected chi connectivity index (χ4v) is 2.38. The van der Waals surface area contributed by atoms with Crippen molar-refractivity contribution in [1.29, 1.82) is 0 Å². The van der Waals surface area contributed by atoms with Crippen LogP contribution in [0.25, 0.3) is 0 Å². The van der Waals surface area contributed by atoms with E-state index < -0.39 is 6.10 Å². The summed E-state index contributed by atoms with van der Waals surface area (Å²) in [6.07, 6.45) is -0.723. The number of esters is 1. The first-order valence-corrected chi connectivity index (χ1v) is 7.20. The normalized spacial score (nSPS) is 19.0. The zero-order valence-corrected chi connectivity index (χ0v) is 12.8. The summed E-state index contributed by atoms with van der Waals surface area (Å²) in [5, 5.41) is 0. The molecule has 0 spiro atoms. The van der Waals surface area contributed by atoms with E-state index in [2.05, 4.69) is 0 Å². The van der Waals surface area contributed by atoms with E-state index in [1.54, 1.807) is 55.6 Å². The summed E-state index contributed by atoms with van der Waals surface area (Å²) in [4.78, 5) is 23.3. The Morgan fingerprint density at radius 1 is 0.957 bits per heavy atom. The second-order valence-electron chi connectivity index (χ2n) is 5.23. The Hall–Kier alpha value is -2.66. The molecular weight excluding hydrogens is 296 g/mol. The van der Waals surface area contributed by atoms with Gasteiger partial charge in [0, 0.05) is 12.5 Å². The highest BCUT2D eigenvalue weighted by atomic mass is 16.6. The maximum absolute atomic E-state index is 12.4. The molecule has 0 bridgehead atoms. The van der Waals surface area contributed by atoms with E-state index in [0.717, 1.165) is 5.56 Å². The van der Waals surface area contributed by atoms with E-state index >= 15 is 0 Å². The first kappa shape index (κ1) is 15.2. The first-order valence-electron chi connectivity index (χ1n) is 7.20. The van der Waals surface area contributed by atoms with Gasteiger partial charge in [-0.25, -0.2) is 0 Å². The van der Waals surface area contributed by atoms with Gasteiger partial charge in [-0.1, -0.05) is 12.1 Å². The fraction of sp³-hybridized carbons (Fsp3) is 0.222. The third kappa shape index (κ3) is 3.40. The topological polar surface area (TPSA) is 65.1 Å². The van der Waals surface area contributed by atoms with Gasteiger partial charge >= 0.3 is 5.97 Å². The number of benzene rings is 2. The van der Waals surface area contributed by atoms with Crippen LogP contribution >= 0.6 is 0 Å². The molecule has 3 rings (SSSR count). The van der Waals surface area contributed by atoms with Crippen molar-refractivity contribution < 1.29 is 23.8 Å². The number of hydrogen-bond donors (Lipinski definition) is 0. The summed E-state index contributed by atoms with van der Waals surface area (Å²) in [5.74, 6) is 0.755. The largest absolute Gasteiger partial charge is 0.497 e. The molecule has 1 saturated heterocycles. The number of ketones is 1. The highest BCUT2D eigenvalue weighted by molar-refractivity contribution is 6.01. The van der Waals surface area contributed by atoms with Gasteiger partial charge in [0.1, 0.15) is 17.6 Å². The fourth-order valence-electron chi connectivity index (χ4n) is 2.38. The molecule has 1 fully saturated rings. The van der Waals surface area contributed by atoms with Crippen LogP contribution in [0.3, 0.4) is 0 Å². The summed E-state index contributed by atoms with van der Waals surface area (Å²) in [7, 11) is 1.58. The molecule has 2 aromatic carbocycles. The minimum atomic E-state index is -0.469. The number of Topliss-reactive ketones (excluding diaryl/α,β-unsaturated/α-hetero) is 1. The van der Waals surface area contributed by atoms with Crippen molar-refractivity contribution >= 4 is 11.8 Å². The van der Waals surface area contributed by atoms with Gasteiger partial charge in [-0.05, 0) is 42.0 Å². The van der Waals surface area contributed by atoms with E-state index in [0.29, 0.717) is 17.1 Å². The van der Waals surface area contributed by atoms with Gasteiger partial charge in [0.05, 0.1) is 7.11 Å². The molecule has 0 aromatic heterocycles. The molecule has 0 aliphatic carbocycles. The molecule has 5 heteroatoms. The van der Waals surface area contributed by atoms with Crippen molar-refractivity contribution in [2.24, 2.45) is 0 Å². The van der Waals surface area contributed by atoms with E-state index in [1.807, 2.05) is 0 Å². The molecule has 5 nitrogen and oxygen atoms in total. The molecule has 1 heterocycles. The number of carbonyl (C=O) groups is 2. The van der Waals surface area contributed by atoms with Crippen molar-refractivity contribution in [1.82, 2.24) is 0 Å². The lowest BCUT2D eigenvalue weighted by Gasteiger charge is -2.02. The minimum absolute atomic E-state index is 0.0540. The standard InChI is InChI=1S/C18H16O5/c1-11(19)22-15-9-5-13(6-10-15)17-18(23-17)16(20)12-3-7-14(21-2)8-4-12/h3-10,17-18H,1-2H3. The van der Waals surface area contributed by atoms with Gasteiger partial charge in [-0.2, -0.15) is 0 Å². The number of hydrogen-bond acceptors (Lipinski definition) is 5. The van der Waals surface area contributed by atoms with Crippen molar-refractivity contribution in [3.63, 3.8) is 0 Å². The van der Waals surface area contributed by atoms with E-state index in [1.165, 1.54) is 6.92 Å². The second kappa shape index (κ2) is 6.22. The van der Waals surface area contributed by atoms with Crippen molar-refractivity contribution in [3.8, 4) is 11.5 Å². The average Bonchev–Trinajstić information content (AvgIpc) is 3.35. The molecule has 118 valence electrons. The second-order valence-corrected chi connectivity index (χ2v) is 5.23. The predicted molar refractivity (Wildman–Crippen MR) is 82.7 cm³/mol. The molecule has 23 heavy (non-hydrogen) atoms. The molecule has 2 unspecified atom stereocenters. The molecule has 1 aliphatic rings. The van der Waals surface area contributed by atoms with Crippen LogP contribution in [0.15, 0.2) is 48.5 Å². The molecule has 0 saturated carbocycles. The number of ether oxygens (including phenoxy) is 3. The van der Waals surface area contributed by atoms with Gasteiger partial charge in [-0.3, -0.25) is 9.59 Å². The number of rotatable bonds is 5. The molecular formula is C18H16O5. The Morgan fingerprint density at radius 2 is 1.57 bits per heavy atom. The Labute approximate surface area is 133 Å². The number of carbonyl (C=O) groups excluding carboxylic acids is 2. The van der Waals surface area contributed by atoms with E-state index in [-0.39, 0.29) is 17.9 Å². The summed E-state index contributed by atoms with van der Waals surface area (Å²) in [5.41, 5.74) is 1.47. The third-order valence-electron chi connectivity index (χ3n) is 3.59. The SMILES string of the molecule is COc1ccc(C(=O)C2OC2c2ccc(OC(C)=O)cc2)cc1. The summed E-state index contributed by atoms with van der Waals surface area (Å²) in [6.45, 7) is 1.35. The van der Waals surface area contributed by atoms with Crippen LogP contribution in [-0.2, 0) is 9.53 Å². The molecule has 2 aromatic rings. The highest BCUT2D eigenvalue weighted by Gasteiger charge is 2.46. The first-order chi connectivity index (χ1) is 11.1. The van der Waals surface area contributed by atoms with Crippen LogP contribution in [0.1, 0.15) is 28.9 Å². The predicted octanol–water partition coefficient (Wildman–Crippen LogP) is 2.94. The van der Waals surface area contributed by atoms with Crippen LogP contribution in [0.2, 0.25) is 0 Å². The quantitative estimate of drug-likeness (QED) is 0.367. The van der Waals surface area contributed by atoms with Gasteiger partial charge < -0.3 is 14.2 Å². The Bertz CT molecular complexity index is 718. The molecule has 0 amide bonds. The molecule has 2 atom stereocenters. The summed E-state index contributed by atoms with van der Waals surface area (Å²) in [6, 6.07) is 13.9. The Kier molecular flexibility index (Phi) is 4.12. The van der Waals surface area contributed by atoms with Crippen LogP contribution in [0.5, 0.6) is 11.5 Å². The maximum Gasteiger partial charge on any atom is 0.308 e. The average molecular weight is 312 g/mol. The Balaban J connectivity index is 1.66. The van der Waals surface area contributed by atoms with Crippen molar-refractivity contribution in [2.45, 2.75) is 19.1 Å². The lowest BCUT2D eigenvalue weighted by Crippen LogP contribution is -2.08. The zero-order valence-electron chi connectivity index (χ0n) is 12.8. The van der Waals surface area contributed by atoms with Gasteiger partial charge in [0.25, 0.3) is 0 Å². The van der Waals surface area contributed by atoms with Gasteiger partial charge in [0.15, 0.2) is 11.9 Å². The maximum atomic E-state index is 12.4. The lowest BCUT2D eigenvalue weighted by molar-refractivity contribution is -0.131. The van der Waals surface area contributed by atoms with Gasteiger partial charge in [-0.15, -0.1) is 0 Å². The Morgan fingerprint density at radius 3 is 2.13 bits per heavy atom. The third-order valence-corrected chi connectivity index (χ3v) is 3.59. The molecule has 0 radical (unpaired) electrons. The zero-order chi connectivity index (χ0) is 16.4. The van der Waals surface area contributed by atoms with Crippen LogP contribution in [0.4, 0.5) is 0 Å². The smallest absolute Gasteiger partial charge is 0.308 e. The number of methoxy groups -OCH3 is 1. The highest BCUT2D eigenvalue weighted by Crippen LogP contribution is 2.41. The van der Waals surface area contributed by atoms with Crippen molar-refractivity contribution in [2.75, 3.05) is 7.11 Å². The summed E-state index contributed by atoms with van der Waals surface area (Å²) < 4.78 is 15.6. The summed E-state index contributed by atoms with van der Waals surface area (Å²) >= 11 is 0. The molecule has 0 N–H and O–H groups in total. The lowest BCUT2D eigenvalue weighted by atomic mass is 10.0. The number of epoxide rings is 1. The van der Waals surface area contributed by atoms with Gasteiger partial charge in [0.2, 0.25) is 0 Å². The van der Waals surface area contributed by atoms with Crippen LogP contribution in [-0.4, -0.2) is 25.0 Å². The monoisotopic (exact) mass is 312 g/mol. The van der Waals surface area contributed by atoms with Crippen LogP contribution in [0, 0.1) is 0 Å². The van der Waals surface area contributed by atoms with Crippen LogP contribution < -0.4 is 9.47 Å². The van der Waals surface area contributed by atoms with E-state index in [4.69, 9.17) is 14.2 Å². The van der Waals surface area contributed by atoms with Crippen molar-refractivity contribution in [3.05, 3.63) is 59.7 Å². The van der Waals surface area contributed by atoms with E-state index in [9.17, 15) is 9.59 Å². The minimum Gasteiger partial charge on any atom is -0.497 e.